The van der Waals surface area contributed by atoms with E-state index in [1.807, 2.05) is 25.2 Å². The Morgan fingerprint density at radius 3 is 2.02 bits per heavy atom. The van der Waals surface area contributed by atoms with Crippen molar-refractivity contribution < 1.29 is 1.37 Å². The van der Waals surface area contributed by atoms with Gasteiger partial charge >= 0.3 is 0 Å². The number of benzene rings is 7. The van der Waals surface area contributed by atoms with E-state index >= 15 is 0 Å². The monoisotopic (exact) mass is 679 g/mol. The largest absolute Gasteiger partial charge is 0.292 e. The number of aromatic nitrogens is 2. The number of rotatable bonds is 6. The van der Waals surface area contributed by atoms with E-state index in [0.29, 0.717) is 0 Å². The molecule has 0 amide bonds. The Kier molecular flexibility index (Phi) is 7.32. The fraction of sp³-hybridized carbons (Fsp3) is 0.188. The topological polar surface area (TPSA) is 17.8 Å². The van der Waals surface area contributed by atoms with Crippen LogP contribution in [0.4, 0.5) is 0 Å². The van der Waals surface area contributed by atoms with Crippen molar-refractivity contribution in [1.29, 1.82) is 0 Å². The van der Waals surface area contributed by atoms with Crippen molar-refractivity contribution in [3.05, 3.63) is 144 Å². The smallest absolute Gasteiger partial charge is 0.147 e. The summed E-state index contributed by atoms with van der Waals surface area (Å²) in [7, 11) is 0. The molecule has 2 nitrogen and oxygen atoms in total. The SMILES string of the molecule is [2H]C(C)(C)c1ccc(-c2nc3ccccc3n2-c2c(C(C)C)cc(-c3ccccc3)cc2C(C)C)c2sc3cc4c(ccc5ccccc54)cc3c12. The number of hydrogen-bond acceptors (Lipinski definition) is 2. The van der Waals surface area contributed by atoms with E-state index in [9.17, 15) is 1.37 Å². The molecule has 0 radical (unpaired) electrons. The molecule has 0 atom stereocenters. The lowest BCUT2D eigenvalue weighted by Gasteiger charge is -2.24. The molecule has 0 spiro atoms. The summed E-state index contributed by atoms with van der Waals surface area (Å²) in [6.07, 6.45) is 0. The molecule has 0 aliphatic heterocycles. The summed E-state index contributed by atoms with van der Waals surface area (Å²) in [6.45, 7) is 13.2. The third-order valence-electron chi connectivity index (χ3n) is 10.6. The van der Waals surface area contributed by atoms with Gasteiger partial charge in [0.25, 0.3) is 0 Å². The lowest BCUT2D eigenvalue weighted by molar-refractivity contribution is 0.812. The molecule has 0 unspecified atom stereocenters. The molecular weight excluding hydrogens is 637 g/mol. The van der Waals surface area contributed by atoms with Crippen molar-refractivity contribution in [2.75, 3.05) is 0 Å². The van der Waals surface area contributed by atoms with Crippen molar-refractivity contribution in [3.8, 4) is 28.2 Å². The average Bonchev–Trinajstić information content (AvgIpc) is 3.71. The summed E-state index contributed by atoms with van der Waals surface area (Å²) in [5, 5.41) is 7.37. The second-order valence-electron chi connectivity index (χ2n) is 14.8. The Morgan fingerprint density at radius 1 is 0.588 bits per heavy atom. The third-order valence-corrected chi connectivity index (χ3v) is 11.8. The van der Waals surface area contributed by atoms with E-state index in [2.05, 4.69) is 160 Å². The van der Waals surface area contributed by atoms with Gasteiger partial charge in [-0.05, 0) is 110 Å². The van der Waals surface area contributed by atoms with E-state index < -0.39 is 5.89 Å². The number of fused-ring (bicyclic) bond motifs is 7. The van der Waals surface area contributed by atoms with Crippen LogP contribution >= 0.6 is 11.3 Å². The van der Waals surface area contributed by atoms with Crippen LogP contribution in [0.2, 0.25) is 0 Å². The first-order valence-corrected chi connectivity index (χ1v) is 18.9. The van der Waals surface area contributed by atoms with Crippen LogP contribution in [0, 0.1) is 0 Å². The van der Waals surface area contributed by atoms with Gasteiger partial charge in [0.15, 0.2) is 0 Å². The first-order valence-electron chi connectivity index (χ1n) is 18.6. The molecule has 0 aliphatic carbocycles. The van der Waals surface area contributed by atoms with Gasteiger partial charge in [0, 0.05) is 27.1 Å². The van der Waals surface area contributed by atoms with Crippen LogP contribution in [0.1, 0.15) is 77.3 Å². The maximum atomic E-state index is 9.30. The lowest BCUT2D eigenvalue weighted by atomic mass is 9.88. The lowest BCUT2D eigenvalue weighted by Crippen LogP contribution is -2.09. The molecule has 0 N–H and O–H groups in total. The van der Waals surface area contributed by atoms with Gasteiger partial charge in [0.2, 0.25) is 0 Å². The summed E-state index contributed by atoms with van der Waals surface area (Å²) >= 11 is 1.83. The second-order valence-corrected chi connectivity index (χ2v) is 15.8. The Hall–Kier alpha value is -5.25. The fourth-order valence-corrected chi connectivity index (χ4v) is 9.28. The fourth-order valence-electron chi connectivity index (χ4n) is 8.02. The zero-order valence-electron chi connectivity index (χ0n) is 31.1. The van der Waals surface area contributed by atoms with Gasteiger partial charge in [-0.2, -0.15) is 0 Å². The second kappa shape index (κ2) is 12.2. The Balaban J connectivity index is 1.40. The molecule has 3 heteroatoms. The molecule has 0 fully saturated rings. The predicted octanol–water partition coefficient (Wildman–Crippen LogP) is 14.4. The van der Waals surface area contributed by atoms with Crippen LogP contribution in [0.5, 0.6) is 0 Å². The van der Waals surface area contributed by atoms with Crippen molar-refractivity contribution >= 4 is 64.1 Å². The van der Waals surface area contributed by atoms with Crippen molar-refractivity contribution in [2.24, 2.45) is 0 Å². The number of thiophene rings is 1. The van der Waals surface area contributed by atoms with E-state index in [-0.39, 0.29) is 11.8 Å². The van der Waals surface area contributed by atoms with Gasteiger partial charge < -0.3 is 0 Å². The van der Waals surface area contributed by atoms with E-state index in [4.69, 9.17) is 4.98 Å². The number of para-hydroxylation sites is 2. The normalized spacial score (nSPS) is 12.7. The van der Waals surface area contributed by atoms with Crippen molar-refractivity contribution in [1.82, 2.24) is 9.55 Å². The molecule has 7 aromatic carbocycles. The zero-order chi connectivity index (χ0) is 35.9. The molecule has 0 saturated heterocycles. The minimum absolute atomic E-state index is 0.281. The maximum absolute atomic E-state index is 9.30. The van der Waals surface area contributed by atoms with Crippen LogP contribution in [-0.2, 0) is 0 Å². The molecule has 250 valence electrons. The van der Waals surface area contributed by atoms with Gasteiger partial charge in [-0.25, -0.2) is 4.98 Å². The summed E-state index contributed by atoms with van der Waals surface area (Å²) in [4.78, 5) is 5.47. The summed E-state index contributed by atoms with van der Waals surface area (Å²) in [6, 6.07) is 46.4. The highest BCUT2D eigenvalue weighted by molar-refractivity contribution is 7.26. The van der Waals surface area contributed by atoms with Gasteiger partial charge in [-0.15, -0.1) is 11.3 Å². The Labute approximate surface area is 305 Å². The minimum Gasteiger partial charge on any atom is -0.292 e. The van der Waals surface area contributed by atoms with Crippen LogP contribution in [0.25, 0.3) is 81.0 Å². The average molecular weight is 680 g/mol. The zero-order valence-corrected chi connectivity index (χ0v) is 30.9. The molecule has 51 heavy (non-hydrogen) atoms. The maximum Gasteiger partial charge on any atom is 0.147 e. The molecule has 0 saturated carbocycles. The molecule has 2 aromatic heterocycles. The number of nitrogens with zero attached hydrogens (tertiary/aromatic N) is 2. The third kappa shape index (κ3) is 5.09. The molecule has 9 rings (SSSR count). The minimum atomic E-state index is -0.786. The van der Waals surface area contributed by atoms with Crippen LogP contribution in [-0.4, -0.2) is 9.55 Å². The molecule has 2 heterocycles. The highest BCUT2D eigenvalue weighted by Gasteiger charge is 2.26. The van der Waals surface area contributed by atoms with Gasteiger partial charge in [-0.1, -0.05) is 126 Å². The van der Waals surface area contributed by atoms with E-state index in [1.165, 1.54) is 69.7 Å². The molecule has 0 aliphatic rings. The first-order chi connectivity index (χ1) is 25.1. The summed E-state index contributed by atoms with van der Waals surface area (Å²) in [5.74, 6) is 0.719. The predicted molar refractivity (Wildman–Crippen MR) is 222 cm³/mol. The molecule has 0 bridgehead atoms. The van der Waals surface area contributed by atoms with E-state index in [1.54, 1.807) is 0 Å². The van der Waals surface area contributed by atoms with Crippen molar-refractivity contribution in [2.45, 2.75) is 59.3 Å². The van der Waals surface area contributed by atoms with Gasteiger partial charge in [0.05, 0.1) is 16.7 Å². The van der Waals surface area contributed by atoms with E-state index in [0.717, 1.165) is 28.0 Å². The van der Waals surface area contributed by atoms with Crippen LogP contribution < -0.4 is 0 Å². The van der Waals surface area contributed by atoms with Crippen LogP contribution in [0.3, 0.4) is 0 Å². The molecule has 9 aromatic rings. The van der Waals surface area contributed by atoms with Gasteiger partial charge in [0.1, 0.15) is 5.82 Å². The highest BCUT2D eigenvalue weighted by atomic mass is 32.1. The Morgan fingerprint density at radius 2 is 1.27 bits per heavy atom. The summed E-state index contributed by atoms with van der Waals surface area (Å²) in [5.41, 5.74) is 10.5. The quantitative estimate of drug-likeness (QED) is 0.160. The van der Waals surface area contributed by atoms with Gasteiger partial charge in [-0.3, -0.25) is 4.57 Å². The molecular formula is C48H42N2S. The van der Waals surface area contributed by atoms with Crippen LogP contribution in [0.15, 0.2) is 127 Å². The first kappa shape index (κ1) is 30.6. The number of imidazole rings is 1. The van der Waals surface area contributed by atoms with Crippen molar-refractivity contribution in [3.63, 3.8) is 0 Å². The summed E-state index contributed by atoms with van der Waals surface area (Å²) < 4.78 is 14.2. The Bertz CT molecular complexity index is 2800. The number of hydrogen-bond donors (Lipinski definition) is 0. The highest BCUT2D eigenvalue weighted by Crippen LogP contribution is 2.47. The standard InChI is InChI=1S/C48H42N2S/c1-28(2)35-22-23-37(47-45(35)41-24-33-21-20-32-16-10-11-17-36(32)40(33)27-44(41)51-47)48-49-42-18-12-13-19-43(42)50(48)46-38(29(3)4)25-34(26-39(46)30(5)6)31-14-8-7-9-15-31/h7-30H,1-6H3/i28D.